The molecule has 5 nitrogen and oxygen atoms in total. The van der Waals surface area contributed by atoms with Gasteiger partial charge >= 0.3 is 0 Å². The Morgan fingerprint density at radius 3 is 2.28 bits per heavy atom. The van der Waals surface area contributed by atoms with Crippen LogP contribution in [0.15, 0.2) is 60.7 Å². The molecule has 3 aromatic rings. The van der Waals surface area contributed by atoms with Crippen LogP contribution in [0, 0.1) is 6.92 Å². The van der Waals surface area contributed by atoms with Crippen molar-refractivity contribution < 1.29 is 14.3 Å². The van der Waals surface area contributed by atoms with E-state index < -0.39 is 11.7 Å². The number of fused-ring (bicyclic) bond motifs is 1. The van der Waals surface area contributed by atoms with Gasteiger partial charge in [-0.3, -0.25) is 9.59 Å². The normalized spacial score (nSPS) is 14.1. The molecule has 0 atom stereocenters. The molecule has 1 saturated heterocycles. The van der Waals surface area contributed by atoms with E-state index in [1.165, 1.54) is 5.56 Å². The number of aryl methyl sites for hydroxylation is 1. The lowest BCUT2D eigenvalue weighted by Gasteiger charge is -2.35. The Hall–Kier alpha value is -3.34. The van der Waals surface area contributed by atoms with Crippen LogP contribution >= 0.6 is 0 Å². The van der Waals surface area contributed by atoms with Crippen LogP contribution in [0.25, 0.3) is 10.8 Å². The molecule has 0 aromatic heterocycles. The maximum Gasteiger partial charge on any atom is 0.295 e. The van der Waals surface area contributed by atoms with Crippen molar-refractivity contribution in [2.45, 2.75) is 6.92 Å². The second-order valence-corrected chi connectivity index (χ2v) is 7.34. The molecule has 148 valence electrons. The van der Waals surface area contributed by atoms with Gasteiger partial charge in [0.05, 0.1) is 7.11 Å². The molecule has 0 spiro atoms. The summed E-state index contributed by atoms with van der Waals surface area (Å²) >= 11 is 0. The van der Waals surface area contributed by atoms with Crippen LogP contribution in [0.1, 0.15) is 15.9 Å². The Morgan fingerprint density at radius 1 is 0.897 bits per heavy atom. The highest BCUT2D eigenvalue weighted by Gasteiger charge is 2.27. The molecule has 0 bridgehead atoms. The predicted octanol–water partition coefficient (Wildman–Crippen LogP) is 3.69. The lowest BCUT2D eigenvalue weighted by molar-refractivity contribution is -0.126. The third-order valence-electron chi connectivity index (χ3n) is 5.47. The first kappa shape index (κ1) is 19.0. The van der Waals surface area contributed by atoms with E-state index >= 15 is 0 Å². The van der Waals surface area contributed by atoms with Crippen LogP contribution in [0.2, 0.25) is 0 Å². The first-order chi connectivity index (χ1) is 14.1. The minimum absolute atomic E-state index is 0.367. The fourth-order valence-corrected chi connectivity index (χ4v) is 3.77. The second-order valence-electron chi connectivity index (χ2n) is 7.34. The van der Waals surface area contributed by atoms with E-state index in [1.807, 2.05) is 24.3 Å². The molecular weight excluding hydrogens is 364 g/mol. The van der Waals surface area contributed by atoms with Gasteiger partial charge in [-0.2, -0.15) is 0 Å². The number of ketones is 1. The highest BCUT2D eigenvalue weighted by Crippen LogP contribution is 2.28. The van der Waals surface area contributed by atoms with Crippen molar-refractivity contribution in [3.63, 3.8) is 0 Å². The number of nitrogens with zero attached hydrogens (tertiary/aromatic N) is 2. The molecule has 0 radical (unpaired) electrons. The van der Waals surface area contributed by atoms with Crippen molar-refractivity contribution in [2.24, 2.45) is 0 Å². The topological polar surface area (TPSA) is 49.9 Å². The molecule has 1 aliphatic rings. The number of methoxy groups -OCH3 is 1. The molecule has 0 unspecified atom stereocenters. The molecule has 3 aromatic carbocycles. The Bertz CT molecular complexity index is 1050. The monoisotopic (exact) mass is 388 g/mol. The highest BCUT2D eigenvalue weighted by atomic mass is 16.5. The van der Waals surface area contributed by atoms with Crippen LogP contribution in [-0.2, 0) is 4.79 Å². The molecule has 0 saturated carbocycles. The van der Waals surface area contributed by atoms with Crippen LogP contribution in [-0.4, -0.2) is 49.9 Å². The van der Waals surface area contributed by atoms with Crippen LogP contribution in [0.3, 0.4) is 0 Å². The summed E-state index contributed by atoms with van der Waals surface area (Å²) in [5.74, 6) is -0.341. The van der Waals surface area contributed by atoms with E-state index in [0.29, 0.717) is 37.5 Å². The summed E-state index contributed by atoms with van der Waals surface area (Å²) in [4.78, 5) is 29.6. The summed E-state index contributed by atoms with van der Waals surface area (Å²) < 4.78 is 5.43. The van der Waals surface area contributed by atoms with E-state index in [0.717, 1.165) is 16.5 Å². The van der Waals surface area contributed by atoms with E-state index in [4.69, 9.17) is 4.74 Å². The molecule has 1 fully saturated rings. The predicted molar refractivity (Wildman–Crippen MR) is 115 cm³/mol. The summed E-state index contributed by atoms with van der Waals surface area (Å²) in [6.45, 7) is 4.55. The number of carbonyl (C=O) groups is 2. The summed E-state index contributed by atoms with van der Waals surface area (Å²) in [7, 11) is 1.57. The van der Waals surface area contributed by atoms with Gasteiger partial charge in [-0.25, -0.2) is 0 Å². The molecule has 1 heterocycles. The quantitative estimate of drug-likeness (QED) is 0.505. The summed E-state index contributed by atoms with van der Waals surface area (Å²) in [6.07, 6.45) is 0. The number of rotatable bonds is 4. The largest absolute Gasteiger partial charge is 0.496 e. The van der Waals surface area contributed by atoms with Crippen LogP contribution < -0.4 is 9.64 Å². The van der Waals surface area contributed by atoms with E-state index in [9.17, 15) is 9.59 Å². The van der Waals surface area contributed by atoms with Crippen LogP contribution in [0.5, 0.6) is 5.75 Å². The zero-order valence-corrected chi connectivity index (χ0v) is 16.7. The van der Waals surface area contributed by atoms with Crippen LogP contribution in [0.4, 0.5) is 5.69 Å². The number of carbonyl (C=O) groups excluding carboxylic acids is 2. The number of benzene rings is 3. The Labute approximate surface area is 170 Å². The average molecular weight is 388 g/mol. The summed E-state index contributed by atoms with van der Waals surface area (Å²) in [6, 6.07) is 19.5. The maximum atomic E-state index is 12.9. The molecular formula is C24H24N2O3. The molecule has 29 heavy (non-hydrogen) atoms. The highest BCUT2D eigenvalue weighted by molar-refractivity contribution is 6.43. The van der Waals surface area contributed by atoms with Crippen molar-refractivity contribution in [3.05, 3.63) is 71.8 Å². The lowest BCUT2D eigenvalue weighted by atomic mass is 10.0. The number of piperazine rings is 1. The van der Waals surface area contributed by atoms with E-state index in [1.54, 1.807) is 24.1 Å². The Kier molecular flexibility index (Phi) is 5.21. The van der Waals surface area contributed by atoms with Gasteiger partial charge in [-0.15, -0.1) is 0 Å². The smallest absolute Gasteiger partial charge is 0.295 e. The van der Waals surface area contributed by atoms with E-state index in [-0.39, 0.29) is 0 Å². The van der Waals surface area contributed by atoms with Crippen molar-refractivity contribution in [3.8, 4) is 5.75 Å². The first-order valence-electron chi connectivity index (χ1n) is 9.79. The Morgan fingerprint density at radius 2 is 1.59 bits per heavy atom. The maximum absolute atomic E-state index is 12.9. The molecule has 1 aliphatic heterocycles. The first-order valence-corrected chi connectivity index (χ1v) is 9.79. The zero-order valence-electron chi connectivity index (χ0n) is 16.7. The van der Waals surface area contributed by atoms with Crippen molar-refractivity contribution in [1.29, 1.82) is 0 Å². The van der Waals surface area contributed by atoms with Crippen molar-refractivity contribution >= 4 is 28.2 Å². The van der Waals surface area contributed by atoms with Gasteiger partial charge in [-0.1, -0.05) is 42.0 Å². The standard InChI is InChI=1S/C24H24N2O3/c1-17-7-9-20(10-8-17)25-11-13-26(14-12-25)24(28)23(27)19-15-18-5-3-4-6-21(18)22(16-19)29-2/h3-10,15-16H,11-14H2,1-2H3. The number of Topliss-reactive ketones (excluding diaryl/α,β-unsaturated/α-hetero) is 1. The number of amides is 1. The summed E-state index contributed by atoms with van der Waals surface area (Å²) in [5, 5.41) is 1.80. The van der Waals surface area contributed by atoms with Gasteiger partial charge in [0, 0.05) is 42.8 Å². The number of ether oxygens (including phenoxy) is 1. The van der Waals surface area contributed by atoms with Gasteiger partial charge in [0.25, 0.3) is 11.7 Å². The molecule has 1 amide bonds. The minimum Gasteiger partial charge on any atom is -0.496 e. The van der Waals surface area contributed by atoms with Crippen molar-refractivity contribution in [1.82, 2.24) is 4.90 Å². The van der Waals surface area contributed by atoms with Crippen molar-refractivity contribution in [2.75, 3.05) is 38.2 Å². The minimum atomic E-state index is -0.488. The average Bonchev–Trinajstić information content (AvgIpc) is 2.78. The SMILES string of the molecule is COc1cc(C(=O)C(=O)N2CCN(c3ccc(C)cc3)CC2)cc2ccccc12. The van der Waals surface area contributed by atoms with E-state index in [2.05, 4.69) is 36.1 Å². The third-order valence-corrected chi connectivity index (χ3v) is 5.47. The molecule has 0 aliphatic carbocycles. The molecule has 0 N–H and O–H groups in total. The van der Waals surface area contributed by atoms with Gasteiger partial charge in [0.15, 0.2) is 0 Å². The van der Waals surface area contributed by atoms with Gasteiger partial charge in [0.1, 0.15) is 5.75 Å². The zero-order chi connectivity index (χ0) is 20.4. The lowest BCUT2D eigenvalue weighted by Crippen LogP contribution is -2.50. The van der Waals surface area contributed by atoms with Gasteiger partial charge in [0.2, 0.25) is 0 Å². The Balaban J connectivity index is 1.48. The second kappa shape index (κ2) is 7.95. The fourth-order valence-electron chi connectivity index (χ4n) is 3.77. The molecule has 5 heteroatoms. The number of hydrogen-bond donors (Lipinski definition) is 0. The fraction of sp³-hybridized carbons (Fsp3) is 0.250. The van der Waals surface area contributed by atoms with Gasteiger partial charge < -0.3 is 14.5 Å². The molecule has 4 rings (SSSR count). The summed E-state index contributed by atoms with van der Waals surface area (Å²) in [5.41, 5.74) is 2.73. The number of anilines is 1. The number of hydrogen-bond acceptors (Lipinski definition) is 4. The van der Waals surface area contributed by atoms with Gasteiger partial charge in [-0.05, 0) is 36.6 Å². The third kappa shape index (κ3) is 3.81.